The fourth-order valence-electron chi connectivity index (χ4n) is 3.46. The van der Waals surface area contributed by atoms with Gasteiger partial charge in [0.2, 0.25) is 0 Å². The van der Waals surface area contributed by atoms with E-state index in [0.717, 1.165) is 30.8 Å². The minimum absolute atomic E-state index is 0.0719. The van der Waals surface area contributed by atoms with Crippen molar-refractivity contribution in [3.8, 4) is 0 Å². The summed E-state index contributed by atoms with van der Waals surface area (Å²) >= 11 is 18.3. The van der Waals surface area contributed by atoms with Crippen LogP contribution in [0, 0.1) is 0 Å². The number of nitrogens with zero attached hydrogens (tertiary/aromatic N) is 2. The van der Waals surface area contributed by atoms with Crippen molar-refractivity contribution in [2.24, 2.45) is 0 Å². The van der Waals surface area contributed by atoms with E-state index < -0.39 is 11.8 Å². The van der Waals surface area contributed by atoms with Gasteiger partial charge in [-0.2, -0.15) is 0 Å². The first-order chi connectivity index (χ1) is 14.4. The topological polar surface area (TPSA) is 69.7 Å². The van der Waals surface area contributed by atoms with Crippen LogP contribution in [-0.2, 0) is 9.59 Å². The number of anilines is 2. The van der Waals surface area contributed by atoms with E-state index in [9.17, 15) is 14.4 Å². The summed E-state index contributed by atoms with van der Waals surface area (Å²) in [6.07, 6.45) is 1.98. The number of carbonyl (C=O) groups is 3. The van der Waals surface area contributed by atoms with Crippen molar-refractivity contribution in [3.63, 3.8) is 0 Å². The lowest BCUT2D eigenvalue weighted by atomic mass is 10.1. The zero-order valence-corrected chi connectivity index (χ0v) is 17.9. The summed E-state index contributed by atoms with van der Waals surface area (Å²) in [6.45, 7) is 1.46. The smallest absolute Gasteiger partial charge is 0.283 e. The van der Waals surface area contributed by atoms with Crippen molar-refractivity contribution in [1.82, 2.24) is 4.90 Å². The van der Waals surface area contributed by atoms with E-state index in [-0.39, 0.29) is 27.3 Å². The highest BCUT2D eigenvalue weighted by Crippen LogP contribution is 2.35. The molecule has 0 aliphatic carbocycles. The predicted molar refractivity (Wildman–Crippen MR) is 117 cm³/mol. The van der Waals surface area contributed by atoms with Crippen molar-refractivity contribution in [1.29, 1.82) is 0 Å². The molecule has 154 valence electrons. The summed E-state index contributed by atoms with van der Waals surface area (Å²) in [5.41, 5.74) is 1.01. The zero-order valence-electron chi connectivity index (χ0n) is 15.6. The number of hydrogen-bond acceptors (Lipinski definition) is 4. The number of carbonyl (C=O) groups excluding carboxylic acids is 3. The molecule has 6 nitrogen and oxygen atoms in total. The van der Waals surface area contributed by atoms with Gasteiger partial charge in [0.25, 0.3) is 17.7 Å². The molecule has 2 aromatic carbocycles. The van der Waals surface area contributed by atoms with Crippen LogP contribution in [0.2, 0.25) is 10.0 Å². The largest absolute Gasteiger partial charge is 0.350 e. The van der Waals surface area contributed by atoms with Gasteiger partial charge in [0, 0.05) is 29.4 Å². The van der Waals surface area contributed by atoms with Gasteiger partial charge in [-0.15, -0.1) is 0 Å². The molecule has 2 aliphatic heterocycles. The monoisotopic (exact) mass is 463 g/mol. The number of rotatable bonds is 4. The molecular weight excluding hydrogens is 449 g/mol. The highest BCUT2D eigenvalue weighted by atomic mass is 35.5. The van der Waals surface area contributed by atoms with Gasteiger partial charge < -0.3 is 10.2 Å². The summed E-state index contributed by atoms with van der Waals surface area (Å²) in [5.74, 6) is -1.44. The maximum absolute atomic E-state index is 12.9. The summed E-state index contributed by atoms with van der Waals surface area (Å²) in [6, 6.07) is 11.2. The molecule has 1 saturated heterocycles. The van der Waals surface area contributed by atoms with E-state index in [1.54, 1.807) is 35.2 Å². The Morgan fingerprint density at radius 2 is 1.67 bits per heavy atom. The molecular formula is C21H16Cl3N3O3. The predicted octanol–water partition coefficient (Wildman–Crippen LogP) is 4.67. The first-order valence-corrected chi connectivity index (χ1v) is 10.4. The van der Waals surface area contributed by atoms with Crippen LogP contribution >= 0.6 is 34.8 Å². The molecule has 0 radical (unpaired) electrons. The lowest BCUT2D eigenvalue weighted by Crippen LogP contribution is -2.32. The average Bonchev–Trinajstić information content (AvgIpc) is 3.34. The molecule has 3 amide bonds. The first-order valence-electron chi connectivity index (χ1n) is 9.27. The second-order valence-corrected chi connectivity index (χ2v) is 8.16. The molecule has 1 fully saturated rings. The van der Waals surface area contributed by atoms with Gasteiger partial charge in [-0.25, -0.2) is 4.90 Å². The van der Waals surface area contributed by atoms with E-state index >= 15 is 0 Å². The molecule has 1 N–H and O–H groups in total. The number of likely N-dealkylation sites (tertiary alicyclic amines) is 1. The molecule has 0 atom stereocenters. The summed E-state index contributed by atoms with van der Waals surface area (Å²) in [4.78, 5) is 40.9. The second kappa shape index (κ2) is 8.30. The Morgan fingerprint density at radius 1 is 0.933 bits per heavy atom. The van der Waals surface area contributed by atoms with Crippen molar-refractivity contribution in [2.45, 2.75) is 12.8 Å². The van der Waals surface area contributed by atoms with Crippen LogP contribution in [0.1, 0.15) is 23.2 Å². The number of amides is 3. The van der Waals surface area contributed by atoms with E-state index in [2.05, 4.69) is 5.32 Å². The summed E-state index contributed by atoms with van der Waals surface area (Å²) < 4.78 is 0. The molecule has 0 bridgehead atoms. The van der Waals surface area contributed by atoms with Crippen LogP contribution in [0.4, 0.5) is 11.4 Å². The third kappa shape index (κ3) is 3.78. The minimum Gasteiger partial charge on any atom is -0.350 e. The van der Waals surface area contributed by atoms with E-state index in [0.29, 0.717) is 16.3 Å². The number of nitrogens with one attached hydrogen (secondary N) is 1. The molecule has 0 aromatic heterocycles. The van der Waals surface area contributed by atoms with Crippen LogP contribution in [0.3, 0.4) is 0 Å². The Hall–Kier alpha value is -2.54. The van der Waals surface area contributed by atoms with Crippen molar-refractivity contribution >= 4 is 63.9 Å². The SMILES string of the molecule is O=C(c1cccc(NC2=C(Cl)C(=O)N(c3cc(Cl)ccc3Cl)C2=O)c1)N1CCCC1. The van der Waals surface area contributed by atoms with Crippen LogP contribution in [-0.4, -0.2) is 35.7 Å². The maximum Gasteiger partial charge on any atom is 0.283 e. The Labute approximate surface area is 188 Å². The van der Waals surface area contributed by atoms with E-state index in [4.69, 9.17) is 34.8 Å². The number of imide groups is 1. The lowest BCUT2D eigenvalue weighted by Gasteiger charge is -2.17. The zero-order chi connectivity index (χ0) is 21.4. The first kappa shape index (κ1) is 20.7. The Kier molecular flexibility index (Phi) is 5.73. The second-order valence-electron chi connectivity index (χ2n) is 6.94. The Balaban J connectivity index is 1.60. The van der Waals surface area contributed by atoms with Crippen LogP contribution in [0.15, 0.2) is 53.2 Å². The van der Waals surface area contributed by atoms with Gasteiger partial charge in [-0.05, 0) is 49.2 Å². The molecule has 4 rings (SSSR count). The number of hydrogen-bond donors (Lipinski definition) is 1. The van der Waals surface area contributed by atoms with E-state index in [1.807, 2.05) is 0 Å². The number of benzene rings is 2. The molecule has 2 aliphatic rings. The highest BCUT2D eigenvalue weighted by Gasteiger charge is 2.40. The fraction of sp³-hybridized carbons (Fsp3) is 0.190. The van der Waals surface area contributed by atoms with Gasteiger partial charge in [-0.1, -0.05) is 40.9 Å². The van der Waals surface area contributed by atoms with Gasteiger partial charge >= 0.3 is 0 Å². The van der Waals surface area contributed by atoms with Crippen molar-refractivity contribution in [2.75, 3.05) is 23.3 Å². The maximum atomic E-state index is 12.9. The Morgan fingerprint density at radius 3 is 2.40 bits per heavy atom. The van der Waals surface area contributed by atoms with Crippen LogP contribution in [0.5, 0.6) is 0 Å². The quantitative estimate of drug-likeness (QED) is 0.668. The third-order valence-electron chi connectivity index (χ3n) is 4.95. The van der Waals surface area contributed by atoms with Gasteiger partial charge in [-0.3, -0.25) is 14.4 Å². The standard InChI is InChI=1S/C21H16Cl3N3O3/c22-13-6-7-15(23)16(11-13)27-20(29)17(24)18(21(27)30)25-14-5-3-4-12(10-14)19(28)26-8-1-2-9-26/h3-7,10-11,25H,1-2,8-9H2. The molecule has 30 heavy (non-hydrogen) atoms. The molecule has 2 aromatic rings. The lowest BCUT2D eigenvalue weighted by molar-refractivity contribution is -0.120. The summed E-state index contributed by atoms with van der Waals surface area (Å²) in [7, 11) is 0. The van der Waals surface area contributed by atoms with Gasteiger partial charge in [0.05, 0.1) is 10.7 Å². The van der Waals surface area contributed by atoms with Gasteiger partial charge in [0.15, 0.2) is 0 Å². The molecule has 0 spiro atoms. The highest BCUT2D eigenvalue weighted by molar-refractivity contribution is 6.54. The minimum atomic E-state index is -0.711. The molecule has 0 unspecified atom stereocenters. The summed E-state index contributed by atoms with van der Waals surface area (Å²) in [5, 5.41) is 3.11. The van der Waals surface area contributed by atoms with Crippen LogP contribution in [0.25, 0.3) is 0 Å². The Bertz CT molecular complexity index is 1090. The van der Waals surface area contributed by atoms with Crippen molar-refractivity contribution < 1.29 is 14.4 Å². The molecule has 9 heteroatoms. The van der Waals surface area contributed by atoms with Crippen molar-refractivity contribution in [3.05, 3.63) is 68.8 Å². The molecule has 0 saturated carbocycles. The van der Waals surface area contributed by atoms with Gasteiger partial charge in [0.1, 0.15) is 10.7 Å². The fourth-order valence-corrected chi connectivity index (χ4v) is 4.05. The van der Waals surface area contributed by atoms with E-state index in [1.165, 1.54) is 12.1 Å². The number of halogens is 3. The molecule has 2 heterocycles. The average molecular weight is 465 g/mol. The third-order valence-corrected chi connectivity index (χ3v) is 5.85. The normalized spacial score (nSPS) is 16.6. The van der Waals surface area contributed by atoms with Crippen LogP contribution < -0.4 is 10.2 Å².